The van der Waals surface area contributed by atoms with Crippen LogP contribution < -0.4 is 0 Å². The smallest absolute Gasteiger partial charge is 0.162 e. The number of rotatable bonds is 8. The van der Waals surface area contributed by atoms with Crippen LogP contribution in [0.5, 0.6) is 0 Å². The number of ketones is 1. The van der Waals surface area contributed by atoms with Gasteiger partial charge in [0.05, 0.1) is 0 Å². The lowest BCUT2D eigenvalue weighted by Crippen LogP contribution is -1.98. The Balaban J connectivity index is 2.31. The van der Waals surface area contributed by atoms with Gasteiger partial charge in [0.2, 0.25) is 0 Å². The van der Waals surface area contributed by atoms with Gasteiger partial charge in [0, 0.05) is 16.9 Å². The first-order valence-electron chi connectivity index (χ1n) is 6.45. The van der Waals surface area contributed by atoms with Crippen LogP contribution >= 0.6 is 11.8 Å². The van der Waals surface area contributed by atoms with E-state index in [1.165, 1.54) is 30.6 Å². The molecule has 1 rings (SSSR count). The fourth-order valence-electron chi connectivity index (χ4n) is 1.81. The molecule has 1 nitrogen and oxygen atoms in total. The number of thioether (sulfide) groups is 1. The van der Waals surface area contributed by atoms with Crippen LogP contribution in [0.15, 0.2) is 29.2 Å². The summed E-state index contributed by atoms with van der Waals surface area (Å²) in [5, 5.41) is 0. The van der Waals surface area contributed by atoms with E-state index < -0.39 is 0 Å². The van der Waals surface area contributed by atoms with Gasteiger partial charge in [-0.15, -0.1) is 11.8 Å². The molecule has 0 aliphatic heterocycles. The van der Waals surface area contributed by atoms with Crippen LogP contribution in [0.4, 0.5) is 0 Å². The van der Waals surface area contributed by atoms with Crippen molar-refractivity contribution in [2.75, 3.05) is 6.26 Å². The zero-order chi connectivity index (χ0) is 12.5. The lowest BCUT2D eigenvalue weighted by molar-refractivity contribution is 0.0979. The van der Waals surface area contributed by atoms with Crippen LogP contribution in [0, 0.1) is 0 Å². The third-order valence-electron chi connectivity index (χ3n) is 2.92. The molecule has 2 heteroatoms. The Hall–Kier alpha value is -0.760. The minimum Gasteiger partial charge on any atom is -0.294 e. The molecule has 0 aromatic heterocycles. The van der Waals surface area contributed by atoms with Crippen molar-refractivity contribution < 1.29 is 4.79 Å². The fraction of sp³-hybridized carbons (Fsp3) is 0.533. The minimum atomic E-state index is 0.286. The van der Waals surface area contributed by atoms with E-state index in [-0.39, 0.29) is 5.78 Å². The second-order valence-electron chi connectivity index (χ2n) is 4.32. The molecule has 0 atom stereocenters. The molecule has 0 heterocycles. The van der Waals surface area contributed by atoms with Crippen molar-refractivity contribution in [3.63, 3.8) is 0 Å². The van der Waals surface area contributed by atoms with E-state index in [9.17, 15) is 4.79 Å². The molecule has 0 spiro atoms. The first-order valence-corrected chi connectivity index (χ1v) is 7.67. The second kappa shape index (κ2) is 8.35. The zero-order valence-electron chi connectivity index (χ0n) is 10.9. The Morgan fingerprint density at radius 1 is 1.06 bits per heavy atom. The number of hydrogen-bond donors (Lipinski definition) is 0. The van der Waals surface area contributed by atoms with Crippen LogP contribution in [-0.2, 0) is 0 Å². The summed E-state index contributed by atoms with van der Waals surface area (Å²) in [7, 11) is 0. The van der Waals surface area contributed by atoms with Crippen molar-refractivity contribution in [3.05, 3.63) is 29.8 Å². The molecule has 0 saturated carbocycles. The number of hydrogen-bond acceptors (Lipinski definition) is 2. The van der Waals surface area contributed by atoms with Crippen molar-refractivity contribution in [2.24, 2.45) is 0 Å². The molecule has 0 N–H and O–H groups in total. The van der Waals surface area contributed by atoms with Crippen molar-refractivity contribution in [2.45, 2.75) is 50.3 Å². The maximum Gasteiger partial charge on any atom is 0.162 e. The van der Waals surface area contributed by atoms with Crippen LogP contribution in [0.25, 0.3) is 0 Å². The average Bonchev–Trinajstić information content (AvgIpc) is 2.38. The first kappa shape index (κ1) is 14.3. The van der Waals surface area contributed by atoms with E-state index in [1.807, 2.05) is 30.5 Å². The zero-order valence-corrected chi connectivity index (χ0v) is 11.7. The molecule has 1 aromatic rings. The van der Waals surface area contributed by atoms with Gasteiger partial charge in [0.25, 0.3) is 0 Å². The first-order chi connectivity index (χ1) is 8.27. The topological polar surface area (TPSA) is 17.1 Å². The number of benzene rings is 1. The highest BCUT2D eigenvalue weighted by molar-refractivity contribution is 7.98. The molecular weight excluding hydrogens is 228 g/mol. The predicted octanol–water partition coefficient (Wildman–Crippen LogP) is 4.95. The van der Waals surface area contributed by atoms with Crippen LogP contribution in [0.2, 0.25) is 0 Å². The third kappa shape index (κ3) is 5.40. The van der Waals surface area contributed by atoms with Crippen LogP contribution in [0.1, 0.15) is 55.8 Å². The van der Waals surface area contributed by atoms with Gasteiger partial charge in [-0.25, -0.2) is 0 Å². The molecule has 0 radical (unpaired) electrons. The van der Waals surface area contributed by atoms with Gasteiger partial charge in [-0.05, 0) is 24.8 Å². The fourth-order valence-corrected chi connectivity index (χ4v) is 2.22. The van der Waals surface area contributed by atoms with E-state index in [1.54, 1.807) is 11.8 Å². The Bertz CT molecular complexity index is 329. The summed E-state index contributed by atoms with van der Waals surface area (Å²) in [6, 6.07) is 7.93. The third-order valence-corrected chi connectivity index (χ3v) is 3.66. The molecule has 0 aliphatic carbocycles. The SMILES string of the molecule is CCCCCCCC(=O)c1ccc(SC)cc1. The predicted molar refractivity (Wildman–Crippen MR) is 75.9 cm³/mol. The summed E-state index contributed by atoms with van der Waals surface area (Å²) < 4.78 is 0. The van der Waals surface area contributed by atoms with E-state index >= 15 is 0 Å². The Morgan fingerprint density at radius 3 is 2.29 bits per heavy atom. The summed E-state index contributed by atoms with van der Waals surface area (Å²) in [6.45, 7) is 2.21. The molecule has 0 unspecified atom stereocenters. The number of carbonyl (C=O) groups is 1. The molecule has 17 heavy (non-hydrogen) atoms. The van der Waals surface area contributed by atoms with Gasteiger partial charge in [-0.1, -0.05) is 44.7 Å². The molecule has 0 fully saturated rings. The molecule has 94 valence electrons. The highest BCUT2D eigenvalue weighted by atomic mass is 32.2. The Labute approximate surface area is 109 Å². The second-order valence-corrected chi connectivity index (χ2v) is 5.20. The summed E-state index contributed by atoms with van der Waals surface area (Å²) in [4.78, 5) is 13.1. The quantitative estimate of drug-likeness (QED) is 0.369. The van der Waals surface area contributed by atoms with Gasteiger partial charge in [-0.3, -0.25) is 4.79 Å². The standard InChI is InChI=1S/C15H22OS/c1-3-4-5-6-7-8-15(16)13-9-11-14(17-2)12-10-13/h9-12H,3-8H2,1-2H3. The molecule has 1 aromatic carbocycles. The van der Waals surface area contributed by atoms with Crippen molar-refractivity contribution >= 4 is 17.5 Å². The molecular formula is C15H22OS. The monoisotopic (exact) mass is 250 g/mol. The van der Waals surface area contributed by atoms with Gasteiger partial charge >= 0.3 is 0 Å². The highest BCUT2D eigenvalue weighted by Gasteiger charge is 2.04. The Kier molecular flexibility index (Phi) is 7.02. The molecule has 0 saturated heterocycles. The largest absolute Gasteiger partial charge is 0.294 e. The lowest BCUT2D eigenvalue weighted by Gasteiger charge is -2.02. The summed E-state index contributed by atoms with van der Waals surface area (Å²) in [5.74, 6) is 0.286. The maximum absolute atomic E-state index is 11.9. The summed E-state index contributed by atoms with van der Waals surface area (Å²) >= 11 is 1.70. The van der Waals surface area contributed by atoms with Gasteiger partial charge < -0.3 is 0 Å². The average molecular weight is 250 g/mol. The number of unbranched alkanes of at least 4 members (excludes halogenated alkanes) is 4. The van der Waals surface area contributed by atoms with Crippen molar-refractivity contribution in [3.8, 4) is 0 Å². The molecule has 0 bridgehead atoms. The van der Waals surface area contributed by atoms with E-state index in [0.717, 1.165) is 12.0 Å². The highest BCUT2D eigenvalue weighted by Crippen LogP contribution is 2.16. The van der Waals surface area contributed by atoms with E-state index in [4.69, 9.17) is 0 Å². The van der Waals surface area contributed by atoms with Crippen LogP contribution in [-0.4, -0.2) is 12.0 Å². The van der Waals surface area contributed by atoms with Gasteiger partial charge in [0.15, 0.2) is 5.78 Å². The maximum atomic E-state index is 11.9. The summed E-state index contributed by atoms with van der Waals surface area (Å²) in [6.07, 6.45) is 8.76. The van der Waals surface area contributed by atoms with E-state index in [0.29, 0.717) is 6.42 Å². The van der Waals surface area contributed by atoms with Gasteiger partial charge in [0.1, 0.15) is 0 Å². The lowest BCUT2D eigenvalue weighted by atomic mass is 10.0. The summed E-state index contributed by atoms with van der Waals surface area (Å²) in [5.41, 5.74) is 0.860. The minimum absolute atomic E-state index is 0.286. The number of Topliss-reactive ketones (excluding diaryl/α,β-unsaturated/α-hetero) is 1. The normalized spacial score (nSPS) is 10.5. The van der Waals surface area contributed by atoms with Gasteiger partial charge in [-0.2, -0.15) is 0 Å². The molecule has 0 amide bonds. The Morgan fingerprint density at radius 2 is 1.71 bits per heavy atom. The molecule has 0 aliphatic rings. The van der Waals surface area contributed by atoms with Crippen molar-refractivity contribution in [1.29, 1.82) is 0 Å². The number of carbonyl (C=O) groups excluding carboxylic acids is 1. The van der Waals surface area contributed by atoms with Crippen LogP contribution in [0.3, 0.4) is 0 Å². The van der Waals surface area contributed by atoms with E-state index in [2.05, 4.69) is 6.92 Å². The van der Waals surface area contributed by atoms with Crippen molar-refractivity contribution in [1.82, 2.24) is 0 Å².